The molecule has 5 heteroatoms. The summed E-state index contributed by atoms with van der Waals surface area (Å²) in [4.78, 5) is 23.6. The minimum absolute atomic E-state index is 0.0798. The van der Waals surface area contributed by atoms with Crippen LogP contribution in [-0.4, -0.2) is 38.8 Å². The lowest BCUT2D eigenvalue weighted by Gasteiger charge is -2.22. The number of ketones is 1. The molecule has 0 aromatic rings. The van der Waals surface area contributed by atoms with E-state index in [0.29, 0.717) is 19.3 Å². The molecule has 1 saturated carbocycles. The Morgan fingerprint density at radius 1 is 1.12 bits per heavy atom. The van der Waals surface area contributed by atoms with Crippen LogP contribution in [0.25, 0.3) is 0 Å². The molecule has 0 amide bonds. The summed E-state index contributed by atoms with van der Waals surface area (Å²) < 4.78 is 0. The number of hydrogen-bond acceptors (Lipinski definition) is 4. The number of aliphatic carboxylic acids is 1. The summed E-state index contributed by atoms with van der Waals surface area (Å²) in [5, 5.41) is 30.0. The largest absolute Gasteiger partial charge is 0.481 e. The summed E-state index contributed by atoms with van der Waals surface area (Å²) in [6.45, 7) is 6.09. The van der Waals surface area contributed by atoms with Gasteiger partial charge in [-0.3, -0.25) is 9.59 Å². The Morgan fingerprint density at radius 3 is 2.50 bits per heavy atom. The van der Waals surface area contributed by atoms with Crippen LogP contribution in [0.4, 0.5) is 0 Å². The van der Waals surface area contributed by atoms with E-state index in [1.165, 1.54) is 6.42 Å². The molecule has 184 valence electrons. The van der Waals surface area contributed by atoms with Crippen molar-refractivity contribution in [2.75, 3.05) is 0 Å². The number of unbranched alkanes of at least 4 members (excludes halogenated alkanes) is 4. The van der Waals surface area contributed by atoms with Crippen molar-refractivity contribution in [2.24, 2.45) is 17.8 Å². The molecule has 5 atom stereocenters. The van der Waals surface area contributed by atoms with Crippen LogP contribution in [0.1, 0.15) is 104 Å². The number of carboxylic acid groups (broad SMARTS) is 1. The van der Waals surface area contributed by atoms with Gasteiger partial charge in [0.2, 0.25) is 0 Å². The van der Waals surface area contributed by atoms with E-state index in [2.05, 4.69) is 13.8 Å². The number of carbonyl (C=O) groups excluding carboxylic acids is 1. The minimum Gasteiger partial charge on any atom is -0.481 e. The Kier molecular flexibility index (Phi) is 13.7. The molecule has 1 fully saturated rings. The van der Waals surface area contributed by atoms with Gasteiger partial charge in [-0.05, 0) is 44.9 Å². The molecule has 2 unspecified atom stereocenters. The van der Waals surface area contributed by atoms with Crippen LogP contribution in [0.2, 0.25) is 0 Å². The van der Waals surface area contributed by atoms with Gasteiger partial charge in [0, 0.05) is 24.7 Å². The number of Topliss-reactive ketones (excluding diaryl/α,β-unsaturated/α-hetero) is 1. The van der Waals surface area contributed by atoms with E-state index in [1.54, 1.807) is 0 Å². The number of allylic oxidation sites excluding steroid dienone is 2. The highest BCUT2D eigenvalue weighted by Gasteiger charge is 2.39. The first-order chi connectivity index (χ1) is 15.2. The molecule has 0 aliphatic heterocycles. The van der Waals surface area contributed by atoms with Gasteiger partial charge in [-0.2, -0.15) is 0 Å². The van der Waals surface area contributed by atoms with Gasteiger partial charge >= 0.3 is 5.97 Å². The first-order valence-corrected chi connectivity index (χ1v) is 12.7. The zero-order chi connectivity index (χ0) is 24.0. The molecule has 3 N–H and O–H groups in total. The number of hydrogen-bond donors (Lipinski definition) is 3. The SMILES string of the molecule is CCCCCCC(C/C=C\C[C@H]1C(=O)C[C@@H](O)[C@@H]1/C=C/CC(C)(O)CCCC)CC(=O)O. The van der Waals surface area contributed by atoms with Crippen molar-refractivity contribution >= 4 is 11.8 Å². The van der Waals surface area contributed by atoms with Crippen LogP contribution < -0.4 is 0 Å². The van der Waals surface area contributed by atoms with Crippen molar-refractivity contribution < 1.29 is 24.9 Å². The molecule has 0 bridgehead atoms. The maximum atomic E-state index is 12.4. The van der Waals surface area contributed by atoms with Crippen LogP contribution in [0.5, 0.6) is 0 Å². The number of carboxylic acids is 1. The van der Waals surface area contributed by atoms with Crippen molar-refractivity contribution in [2.45, 2.75) is 116 Å². The third-order valence-corrected chi connectivity index (χ3v) is 6.67. The van der Waals surface area contributed by atoms with Gasteiger partial charge in [0.05, 0.1) is 11.7 Å². The van der Waals surface area contributed by atoms with E-state index in [9.17, 15) is 24.9 Å². The molecule has 0 radical (unpaired) electrons. The number of carbonyl (C=O) groups is 2. The quantitative estimate of drug-likeness (QED) is 0.191. The number of aliphatic hydroxyl groups is 2. The zero-order valence-electron chi connectivity index (χ0n) is 20.5. The highest BCUT2D eigenvalue weighted by Crippen LogP contribution is 2.34. The lowest BCUT2D eigenvalue weighted by molar-refractivity contribution is -0.138. The Morgan fingerprint density at radius 2 is 1.84 bits per heavy atom. The molecule has 32 heavy (non-hydrogen) atoms. The van der Waals surface area contributed by atoms with Gasteiger partial charge in [0.25, 0.3) is 0 Å². The maximum Gasteiger partial charge on any atom is 0.303 e. The van der Waals surface area contributed by atoms with Crippen molar-refractivity contribution in [3.8, 4) is 0 Å². The molecule has 0 saturated heterocycles. The second-order valence-electron chi connectivity index (χ2n) is 9.91. The average Bonchev–Trinajstić information content (AvgIpc) is 2.99. The predicted molar refractivity (Wildman–Crippen MR) is 129 cm³/mol. The fourth-order valence-corrected chi connectivity index (χ4v) is 4.61. The molecule has 0 aromatic carbocycles. The van der Waals surface area contributed by atoms with Gasteiger partial charge in [-0.15, -0.1) is 0 Å². The van der Waals surface area contributed by atoms with Crippen molar-refractivity contribution in [1.82, 2.24) is 0 Å². The molecule has 0 aromatic heterocycles. The summed E-state index contributed by atoms with van der Waals surface area (Å²) in [7, 11) is 0. The molecular formula is C27H46O5. The van der Waals surface area contributed by atoms with E-state index >= 15 is 0 Å². The number of rotatable bonds is 17. The summed E-state index contributed by atoms with van der Waals surface area (Å²) in [5.41, 5.74) is -0.758. The first kappa shape index (κ1) is 28.6. The predicted octanol–water partition coefficient (Wildman–Crippen LogP) is 5.84. The van der Waals surface area contributed by atoms with Crippen molar-refractivity contribution in [3.05, 3.63) is 24.3 Å². The molecule has 1 aliphatic carbocycles. The zero-order valence-corrected chi connectivity index (χ0v) is 20.5. The molecule has 1 aliphatic rings. The van der Waals surface area contributed by atoms with Gasteiger partial charge < -0.3 is 15.3 Å². The topological polar surface area (TPSA) is 94.8 Å². The Labute approximate surface area is 195 Å². The lowest BCUT2D eigenvalue weighted by atomic mass is 9.88. The standard InChI is InChI=1S/C27H46O5/c1-4-6-8-9-13-21(19-26(30)31)14-10-11-15-22-23(25(29)20-24(22)28)16-12-18-27(3,32)17-7-5-2/h10-12,16,21-23,25,29,32H,4-9,13-15,17-20H2,1-3H3,(H,30,31)/b11-10-,16-12+/t21?,22-,23-,25-,27?/m1/s1. The van der Waals surface area contributed by atoms with Crippen LogP contribution in [-0.2, 0) is 9.59 Å². The second kappa shape index (κ2) is 15.4. The first-order valence-electron chi connectivity index (χ1n) is 12.7. The Bertz CT molecular complexity index is 607. The summed E-state index contributed by atoms with van der Waals surface area (Å²) >= 11 is 0. The minimum atomic E-state index is -0.758. The Hall–Kier alpha value is -1.46. The average molecular weight is 451 g/mol. The third-order valence-electron chi connectivity index (χ3n) is 6.67. The monoisotopic (exact) mass is 450 g/mol. The normalized spacial score (nSPS) is 24.4. The molecule has 5 nitrogen and oxygen atoms in total. The Balaban J connectivity index is 2.60. The van der Waals surface area contributed by atoms with Crippen LogP contribution >= 0.6 is 0 Å². The van der Waals surface area contributed by atoms with E-state index < -0.39 is 17.7 Å². The molecule has 1 rings (SSSR count). The van der Waals surface area contributed by atoms with E-state index in [0.717, 1.165) is 44.9 Å². The fraction of sp³-hybridized carbons (Fsp3) is 0.778. The summed E-state index contributed by atoms with van der Waals surface area (Å²) in [5.74, 6) is -1.02. The smallest absolute Gasteiger partial charge is 0.303 e. The van der Waals surface area contributed by atoms with Crippen molar-refractivity contribution in [3.63, 3.8) is 0 Å². The highest BCUT2D eigenvalue weighted by atomic mass is 16.4. The van der Waals surface area contributed by atoms with Gasteiger partial charge in [0.15, 0.2) is 0 Å². The van der Waals surface area contributed by atoms with Gasteiger partial charge in [-0.1, -0.05) is 76.7 Å². The molecule has 0 spiro atoms. The summed E-state index contributed by atoms with van der Waals surface area (Å²) in [6, 6.07) is 0. The molecular weight excluding hydrogens is 404 g/mol. The molecule has 0 heterocycles. The van der Waals surface area contributed by atoms with Crippen LogP contribution in [0, 0.1) is 17.8 Å². The number of aliphatic hydroxyl groups excluding tert-OH is 1. The highest BCUT2D eigenvalue weighted by molar-refractivity contribution is 5.84. The maximum absolute atomic E-state index is 12.4. The van der Waals surface area contributed by atoms with E-state index in [-0.39, 0.29) is 36.4 Å². The van der Waals surface area contributed by atoms with Crippen molar-refractivity contribution in [1.29, 1.82) is 0 Å². The van der Waals surface area contributed by atoms with Gasteiger partial charge in [-0.25, -0.2) is 0 Å². The second-order valence-corrected chi connectivity index (χ2v) is 9.91. The summed E-state index contributed by atoms with van der Waals surface area (Å²) in [6.07, 6.45) is 17.5. The van der Waals surface area contributed by atoms with Crippen LogP contribution in [0.3, 0.4) is 0 Å². The van der Waals surface area contributed by atoms with E-state index in [1.807, 2.05) is 31.2 Å². The lowest BCUT2D eigenvalue weighted by Crippen LogP contribution is -2.23. The van der Waals surface area contributed by atoms with E-state index in [4.69, 9.17) is 0 Å². The fourth-order valence-electron chi connectivity index (χ4n) is 4.61. The van der Waals surface area contributed by atoms with Crippen LogP contribution in [0.15, 0.2) is 24.3 Å². The van der Waals surface area contributed by atoms with Gasteiger partial charge in [0.1, 0.15) is 5.78 Å². The third kappa shape index (κ3) is 11.4.